The molecule has 126 valence electrons. The zero-order valence-electron chi connectivity index (χ0n) is 12.4. The van der Waals surface area contributed by atoms with Crippen molar-refractivity contribution >= 4 is 40.4 Å². The van der Waals surface area contributed by atoms with E-state index in [1.54, 1.807) is 18.2 Å². The van der Waals surface area contributed by atoms with Crippen molar-refractivity contribution in [2.24, 2.45) is 11.7 Å². The fourth-order valence-electron chi connectivity index (χ4n) is 2.03. The highest BCUT2D eigenvalue weighted by Crippen LogP contribution is 2.14. The van der Waals surface area contributed by atoms with E-state index in [0.29, 0.717) is 18.5 Å². The lowest BCUT2D eigenvalue weighted by Crippen LogP contribution is -2.34. The van der Waals surface area contributed by atoms with Crippen LogP contribution in [-0.2, 0) is 9.59 Å². The molecule has 0 saturated carbocycles. The summed E-state index contributed by atoms with van der Waals surface area (Å²) >= 11 is 2.11. The van der Waals surface area contributed by atoms with Crippen molar-refractivity contribution in [3.8, 4) is 0 Å². The van der Waals surface area contributed by atoms with Gasteiger partial charge in [0.25, 0.3) is 5.91 Å². The Balaban J connectivity index is 2.40. The van der Waals surface area contributed by atoms with E-state index in [-0.39, 0.29) is 18.7 Å². The number of amides is 1. The van der Waals surface area contributed by atoms with E-state index in [0.717, 1.165) is 3.57 Å². The minimum Gasteiger partial charge on any atom is -0.481 e. The molecule has 0 aliphatic heterocycles. The van der Waals surface area contributed by atoms with Gasteiger partial charge in [-0.2, -0.15) is 0 Å². The van der Waals surface area contributed by atoms with E-state index in [2.05, 4.69) is 27.9 Å². The summed E-state index contributed by atoms with van der Waals surface area (Å²) in [5, 5.41) is 20.5. The van der Waals surface area contributed by atoms with Crippen molar-refractivity contribution in [1.29, 1.82) is 0 Å². The number of aliphatic carboxylic acids is 2. The molecular formula is C15H19IN2O5. The molecule has 0 saturated heterocycles. The monoisotopic (exact) mass is 432 g/mol. The summed E-state index contributed by atoms with van der Waals surface area (Å²) < 4.78 is 0.948. The van der Waals surface area contributed by atoms with E-state index in [1.165, 1.54) is 0 Å². The summed E-state index contributed by atoms with van der Waals surface area (Å²) in [7, 11) is 0. The Labute approximate surface area is 147 Å². The third-order valence-electron chi connectivity index (χ3n) is 3.31. The Hall–Kier alpha value is -1.68. The van der Waals surface area contributed by atoms with Crippen molar-refractivity contribution in [3.63, 3.8) is 0 Å². The smallest absolute Gasteiger partial charge is 0.320 e. The number of hydrogen-bond donors (Lipinski definition) is 4. The molecule has 0 spiro atoms. The summed E-state index contributed by atoms with van der Waals surface area (Å²) in [6.07, 6.45) is 0.553. The van der Waals surface area contributed by atoms with Crippen LogP contribution in [0.2, 0.25) is 0 Å². The number of rotatable bonds is 9. The Kier molecular flexibility index (Phi) is 7.96. The number of carbonyl (C=O) groups excluding carboxylic acids is 1. The number of benzene rings is 1. The first kappa shape index (κ1) is 19.4. The topological polar surface area (TPSA) is 130 Å². The molecule has 7 nitrogen and oxygen atoms in total. The molecule has 2 atom stereocenters. The quantitative estimate of drug-likeness (QED) is 0.344. The summed E-state index contributed by atoms with van der Waals surface area (Å²) in [6.45, 7) is 0.316. The minimum atomic E-state index is -1.22. The van der Waals surface area contributed by atoms with Crippen LogP contribution in [0.4, 0.5) is 0 Å². The van der Waals surface area contributed by atoms with Crippen LogP contribution in [0.5, 0.6) is 0 Å². The Bertz CT molecular complexity index is 579. The van der Waals surface area contributed by atoms with Crippen LogP contribution in [0.25, 0.3) is 0 Å². The zero-order valence-corrected chi connectivity index (χ0v) is 14.5. The molecule has 0 aliphatic carbocycles. The lowest BCUT2D eigenvalue weighted by Gasteiger charge is -2.15. The predicted octanol–water partition coefficient (Wildman–Crippen LogP) is 1.30. The molecule has 1 aromatic carbocycles. The molecule has 0 unspecified atom stereocenters. The van der Waals surface area contributed by atoms with E-state index >= 15 is 0 Å². The number of carboxylic acids is 2. The maximum absolute atomic E-state index is 11.9. The van der Waals surface area contributed by atoms with Gasteiger partial charge in [-0.25, -0.2) is 0 Å². The highest BCUT2D eigenvalue weighted by atomic mass is 125. The zero-order chi connectivity index (χ0) is 17.4. The van der Waals surface area contributed by atoms with Gasteiger partial charge in [0.1, 0.15) is 6.04 Å². The fraction of sp³-hybridized carbons (Fsp3) is 0.400. The summed E-state index contributed by atoms with van der Waals surface area (Å²) in [5.41, 5.74) is 5.91. The van der Waals surface area contributed by atoms with Crippen molar-refractivity contribution < 1.29 is 24.6 Å². The Morgan fingerprint density at radius 3 is 2.48 bits per heavy atom. The SMILES string of the molecule is N[C@@H](C[C@H](CCCNC(=O)c1cccc([125I])c1)C(=O)O)C(=O)O. The third-order valence-corrected chi connectivity index (χ3v) is 3.98. The maximum Gasteiger partial charge on any atom is 0.320 e. The van der Waals surface area contributed by atoms with Gasteiger partial charge < -0.3 is 21.3 Å². The molecule has 0 aromatic heterocycles. The minimum absolute atomic E-state index is 0.129. The summed E-state index contributed by atoms with van der Waals surface area (Å²) in [6, 6.07) is 5.91. The van der Waals surface area contributed by atoms with Gasteiger partial charge in [-0.3, -0.25) is 14.4 Å². The molecule has 5 N–H and O–H groups in total. The van der Waals surface area contributed by atoms with Gasteiger partial charge in [-0.05, 0) is 60.1 Å². The molecule has 0 fully saturated rings. The van der Waals surface area contributed by atoms with Gasteiger partial charge in [-0.15, -0.1) is 0 Å². The van der Waals surface area contributed by atoms with Crippen molar-refractivity contribution in [2.75, 3.05) is 6.54 Å². The van der Waals surface area contributed by atoms with Crippen molar-refractivity contribution in [3.05, 3.63) is 33.4 Å². The first-order chi connectivity index (χ1) is 10.8. The molecule has 0 aliphatic rings. The van der Waals surface area contributed by atoms with Gasteiger partial charge in [0.15, 0.2) is 0 Å². The van der Waals surface area contributed by atoms with Crippen LogP contribution in [0, 0.1) is 9.49 Å². The van der Waals surface area contributed by atoms with Crippen LogP contribution in [-0.4, -0.2) is 40.6 Å². The van der Waals surface area contributed by atoms with Gasteiger partial charge in [-0.1, -0.05) is 6.07 Å². The first-order valence-corrected chi connectivity index (χ1v) is 8.14. The number of carbonyl (C=O) groups is 3. The Morgan fingerprint density at radius 1 is 1.22 bits per heavy atom. The number of nitrogens with one attached hydrogen (secondary N) is 1. The molecule has 0 radical (unpaired) electrons. The van der Waals surface area contributed by atoms with Crippen LogP contribution in [0.15, 0.2) is 24.3 Å². The van der Waals surface area contributed by atoms with Crippen LogP contribution < -0.4 is 11.1 Å². The van der Waals surface area contributed by atoms with Crippen LogP contribution >= 0.6 is 22.6 Å². The van der Waals surface area contributed by atoms with Gasteiger partial charge >= 0.3 is 11.9 Å². The first-order valence-electron chi connectivity index (χ1n) is 7.06. The molecule has 0 heterocycles. The second kappa shape index (κ2) is 9.46. The fourth-order valence-corrected chi connectivity index (χ4v) is 2.57. The second-order valence-electron chi connectivity index (χ2n) is 5.12. The van der Waals surface area contributed by atoms with Crippen molar-refractivity contribution in [2.45, 2.75) is 25.3 Å². The highest BCUT2D eigenvalue weighted by Gasteiger charge is 2.23. The summed E-state index contributed by atoms with van der Waals surface area (Å²) in [5.74, 6) is -3.36. The van der Waals surface area contributed by atoms with Gasteiger partial charge in [0, 0.05) is 15.7 Å². The number of nitrogens with two attached hydrogens (primary N) is 1. The standard InChI is InChI=1S/C15H19IN2O5/c16-11-5-1-3-9(7-11)13(19)18-6-2-4-10(14(20)21)8-12(17)15(22)23/h1,3,5,7,10,12H,2,4,6,8,17H2,(H,18,19)(H,20,21)(H,22,23)/t10-,12-/m0/s1/i16-2. The van der Waals surface area contributed by atoms with E-state index < -0.39 is 23.9 Å². The molecule has 1 amide bonds. The normalized spacial score (nSPS) is 13.1. The summed E-state index contributed by atoms with van der Waals surface area (Å²) in [4.78, 5) is 33.7. The van der Waals surface area contributed by atoms with Crippen molar-refractivity contribution in [1.82, 2.24) is 5.32 Å². The average Bonchev–Trinajstić information content (AvgIpc) is 2.49. The van der Waals surface area contributed by atoms with Crippen LogP contribution in [0.3, 0.4) is 0 Å². The maximum atomic E-state index is 11.9. The highest BCUT2D eigenvalue weighted by molar-refractivity contribution is 14.1. The predicted molar refractivity (Wildman–Crippen MR) is 92.1 cm³/mol. The molecule has 8 heteroatoms. The number of carboxylic acid groups (broad SMARTS) is 2. The van der Waals surface area contributed by atoms with E-state index in [4.69, 9.17) is 15.9 Å². The van der Waals surface area contributed by atoms with E-state index in [9.17, 15) is 14.4 Å². The largest absolute Gasteiger partial charge is 0.481 e. The number of halogens is 1. The van der Waals surface area contributed by atoms with Gasteiger partial charge in [0.05, 0.1) is 5.92 Å². The lowest BCUT2D eigenvalue weighted by atomic mass is 9.95. The Morgan fingerprint density at radius 2 is 1.91 bits per heavy atom. The molecule has 0 bridgehead atoms. The molecule has 23 heavy (non-hydrogen) atoms. The van der Waals surface area contributed by atoms with E-state index in [1.807, 2.05) is 6.07 Å². The number of hydrogen-bond acceptors (Lipinski definition) is 4. The average molecular weight is 432 g/mol. The van der Waals surface area contributed by atoms with Gasteiger partial charge in [0.2, 0.25) is 0 Å². The molecule has 1 aromatic rings. The molecule has 1 rings (SSSR count). The van der Waals surface area contributed by atoms with Crippen LogP contribution in [0.1, 0.15) is 29.6 Å². The lowest BCUT2D eigenvalue weighted by molar-refractivity contribution is -0.143. The second-order valence-corrected chi connectivity index (χ2v) is 6.37. The molecular weight excluding hydrogens is 413 g/mol. The third kappa shape index (κ3) is 6.95.